The van der Waals surface area contributed by atoms with Crippen molar-refractivity contribution >= 4 is 17.8 Å². The average Bonchev–Trinajstić information content (AvgIpc) is 2.91. The van der Waals surface area contributed by atoms with Crippen LogP contribution >= 0.6 is 11.8 Å². The van der Waals surface area contributed by atoms with Crippen LogP contribution in [0.4, 0.5) is 4.79 Å². The van der Waals surface area contributed by atoms with Crippen LogP contribution in [-0.4, -0.2) is 18.3 Å². The lowest BCUT2D eigenvalue weighted by Crippen LogP contribution is -2.41. The van der Waals surface area contributed by atoms with E-state index in [-0.39, 0.29) is 12.1 Å². The molecule has 0 bridgehead atoms. The van der Waals surface area contributed by atoms with Crippen LogP contribution in [0.2, 0.25) is 0 Å². The van der Waals surface area contributed by atoms with E-state index in [4.69, 9.17) is 0 Å². The van der Waals surface area contributed by atoms with Crippen LogP contribution in [0.15, 0.2) is 29.2 Å². The Morgan fingerprint density at radius 1 is 1.26 bits per heavy atom. The van der Waals surface area contributed by atoms with E-state index in [9.17, 15) is 4.79 Å². The maximum Gasteiger partial charge on any atom is 0.315 e. The van der Waals surface area contributed by atoms with E-state index in [1.54, 1.807) is 11.8 Å². The quantitative estimate of drug-likeness (QED) is 0.824. The first-order valence-corrected chi connectivity index (χ1v) is 8.12. The van der Waals surface area contributed by atoms with Gasteiger partial charge in [0.1, 0.15) is 0 Å². The Balaban J connectivity index is 1.84. The second-order valence-corrected chi connectivity index (χ2v) is 5.97. The maximum absolute atomic E-state index is 11.9. The van der Waals surface area contributed by atoms with Crippen LogP contribution in [0.3, 0.4) is 0 Å². The monoisotopic (exact) mass is 278 g/mol. The van der Waals surface area contributed by atoms with Gasteiger partial charge in [-0.05, 0) is 43.7 Å². The fourth-order valence-corrected chi connectivity index (χ4v) is 2.88. The number of benzene rings is 1. The predicted octanol–water partition coefficient (Wildman–Crippen LogP) is 3.71. The van der Waals surface area contributed by atoms with Crippen LogP contribution in [0.1, 0.15) is 44.2 Å². The van der Waals surface area contributed by atoms with Gasteiger partial charge in [0.15, 0.2) is 0 Å². The number of carbonyl (C=O) groups excluding carboxylic acids is 1. The molecule has 2 N–H and O–H groups in total. The Labute approximate surface area is 119 Å². The third kappa shape index (κ3) is 4.16. The van der Waals surface area contributed by atoms with Gasteiger partial charge >= 0.3 is 6.03 Å². The molecule has 0 aliphatic heterocycles. The van der Waals surface area contributed by atoms with Gasteiger partial charge in [-0.2, -0.15) is 0 Å². The zero-order chi connectivity index (χ0) is 13.7. The summed E-state index contributed by atoms with van der Waals surface area (Å²) in [7, 11) is 0. The standard InChI is InChI=1S/C15H22N2OS/c1-11(12-7-9-14(19-2)10-8-12)16-15(18)17-13-5-3-4-6-13/h7-11,13H,3-6H2,1-2H3,(H2,16,17,18). The summed E-state index contributed by atoms with van der Waals surface area (Å²) in [6.07, 6.45) is 6.76. The molecule has 0 spiro atoms. The fourth-order valence-electron chi connectivity index (χ4n) is 2.47. The molecule has 0 heterocycles. The number of rotatable bonds is 4. The van der Waals surface area contributed by atoms with E-state index in [0.717, 1.165) is 18.4 Å². The fraction of sp³-hybridized carbons (Fsp3) is 0.533. The third-order valence-corrected chi connectivity index (χ3v) is 4.40. The molecule has 1 aromatic rings. The minimum absolute atomic E-state index is 0.0392. The smallest absolute Gasteiger partial charge is 0.315 e. The van der Waals surface area contributed by atoms with Crippen LogP contribution in [0, 0.1) is 0 Å². The van der Waals surface area contributed by atoms with Gasteiger partial charge in [-0.3, -0.25) is 0 Å². The van der Waals surface area contributed by atoms with Crippen molar-refractivity contribution in [3.8, 4) is 0 Å². The Morgan fingerprint density at radius 2 is 1.89 bits per heavy atom. The zero-order valence-electron chi connectivity index (χ0n) is 11.6. The molecule has 1 atom stereocenters. The molecular weight excluding hydrogens is 256 g/mol. The van der Waals surface area contributed by atoms with Gasteiger partial charge in [-0.25, -0.2) is 4.79 Å². The molecule has 1 aliphatic carbocycles. The summed E-state index contributed by atoms with van der Waals surface area (Å²) >= 11 is 1.72. The summed E-state index contributed by atoms with van der Waals surface area (Å²) in [4.78, 5) is 13.1. The number of hydrogen-bond acceptors (Lipinski definition) is 2. The molecule has 19 heavy (non-hydrogen) atoms. The van der Waals surface area contributed by atoms with Crippen molar-refractivity contribution in [2.75, 3.05) is 6.26 Å². The highest BCUT2D eigenvalue weighted by atomic mass is 32.2. The Morgan fingerprint density at radius 3 is 2.47 bits per heavy atom. The highest BCUT2D eigenvalue weighted by Crippen LogP contribution is 2.20. The molecule has 2 amide bonds. The molecule has 0 radical (unpaired) electrons. The maximum atomic E-state index is 11.9. The molecule has 1 fully saturated rings. The topological polar surface area (TPSA) is 41.1 Å². The van der Waals surface area contributed by atoms with Crippen molar-refractivity contribution in [3.05, 3.63) is 29.8 Å². The second-order valence-electron chi connectivity index (χ2n) is 5.09. The molecule has 104 valence electrons. The minimum Gasteiger partial charge on any atom is -0.335 e. The van der Waals surface area contributed by atoms with Gasteiger partial charge in [-0.1, -0.05) is 25.0 Å². The SMILES string of the molecule is CSc1ccc(C(C)NC(=O)NC2CCCC2)cc1. The highest BCUT2D eigenvalue weighted by Gasteiger charge is 2.18. The molecule has 0 aromatic heterocycles. The lowest BCUT2D eigenvalue weighted by Gasteiger charge is -2.18. The number of urea groups is 1. The second kappa shape index (κ2) is 6.85. The van der Waals surface area contributed by atoms with Crippen molar-refractivity contribution in [3.63, 3.8) is 0 Å². The van der Waals surface area contributed by atoms with E-state index in [2.05, 4.69) is 41.2 Å². The van der Waals surface area contributed by atoms with Crippen molar-refractivity contribution in [1.82, 2.24) is 10.6 Å². The van der Waals surface area contributed by atoms with Crippen LogP contribution in [0.5, 0.6) is 0 Å². The van der Waals surface area contributed by atoms with E-state index in [0.29, 0.717) is 6.04 Å². The van der Waals surface area contributed by atoms with Crippen molar-refractivity contribution in [2.45, 2.75) is 49.6 Å². The van der Waals surface area contributed by atoms with Gasteiger partial charge in [0, 0.05) is 10.9 Å². The molecule has 0 saturated heterocycles. The van der Waals surface area contributed by atoms with Crippen LogP contribution < -0.4 is 10.6 Å². The van der Waals surface area contributed by atoms with Gasteiger partial charge in [-0.15, -0.1) is 11.8 Å². The van der Waals surface area contributed by atoms with E-state index >= 15 is 0 Å². The normalized spacial score (nSPS) is 17.2. The molecule has 1 aromatic carbocycles. The van der Waals surface area contributed by atoms with Gasteiger partial charge < -0.3 is 10.6 Å². The van der Waals surface area contributed by atoms with Crippen LogP contribution in [-0.2, 0) is 0 Å². The molecule has 4 heteroatoms. The van der Waals surface area contributed by atoms with Gasteiger partial charge in [0.25, 0.3) is 0 Å². The summed E-state index contributed by atoms with van der Waals surface area (Å²) in [5, 5.41) is 6.05. The molecule has 1 saturated carbocycles. The molecular formula is C15H22N2OS. The molecule has 1 unspecified atom stereocenters. The predicted molar refractivity (Wildman–Crippen MR) is 80.6 cm³/mol. The number of nitrogens with one attached hydrogen (secondary N) is 2. The zero-order valence-corrected chi connectivity index (χ0v) is 12.4. The Kier molecular flexibility index (Phi) is 5.14. The number of thioether (sulfide) groups is 1. The first-order chi connectivity index (χ1) is 9.19. The number of amides is 2. The molecule has 1 aliphatic rings. The van der Waals surface area contributed by atoms with Gasteiger partial charge in [0.2, 0.25) is 0 Å². The van der Waals surface area contributed by atoms with E-state index in [1.165, 1.54) is 17.7 Å². The Bertz CT molecular complexity index is 413. The van der Waals surface area contributed by atoms with E-state index in [1.807, 2.05) is 6.92 Å². The largest absolute Gasteiger partial charge is 0.335 e. The summed E-state index contributed by atoms with van der Waals surface area (Å²) < 4.78 is 0. The lowest BCUT2D eigenvalue weighted by molar-refractivity contribution is 0.234. The highest BCUT2D eigenvalue weighted by molar-refractivity contribution is 7.98. The van der Waals surface area contributed by atoms with Crippen molar-refractivity contribution in [2.24, 2.45) is 0 Å². The molecule has 3 nitrogen and oxygen atoms in total. The lowest BCUT2D eigenvalue weighted by atomic mass is 10.1. The summed E-state index contributed by atoms with van der Waals surface area (Å²) in [6.45, 7) is 2.02. The first kappa shape index (κ1) is 14.3. The molecule has 2 rings (SSSR count). The summed E-state index contributed by atoms with van der Waals surface area (Å²) in [6, 6.07) is 8.69. The number of hydrogen-bond donors (Lipinski definition) is 2. The Hall–Kier alpha value is -1.16. The van der Waals surface area contributed by atoms with E-state index < -0.39 is 0 Å². The van der Waals surface area contributed by atoms with Crippen molar-refractivity contribution in [1.29, 1.82) is 0 Å². The van der Waals surface area contributed by atoms with Crippen molar-refractivity contribution < 1.29 is 4.79 Å². The summed E-state index contributed by atoms with van der Waals surface area (Å²) in [5.41, 5.74) is 1.14. The minimum atomic E-state index is -0.0478. The van der Waals surface area contributed by atoms with Crippen LogP contribution in [0.25, 0.3) is 0 Å². The third-order valence-electron chi connectivity index (χ3n) is 3.65. The average molecular weight is 278 g/mol. The first-order valence-electron chi connectivity index (χ1n) is 6.90. The van der Waals surface area contributed by atoms with Gasteiger partial charge in [0.05, 0.1) is 6.04 Å². The summed E-state index contributed by atoms with van der Waals surface area (Å²) in [5.74, 6) is 0. The number of carbonyl (C=O) groups is 1.